The number of benzene rings is 3. The van der Waals surface area contributed by atoms with Crippen molar-refractivity contribution in [2.24, 2.45) is 0 Å². The number of rotatable bonds is 5. The fourth-order valence-electron chi connectivity index (χ4n) is 4.01. The van der Waals surface area contributed by atoms with Crippen LogP contribution in [0.3, 0.4) is 0 Å². The zero-order valence-electron chi connectivity index (χ0n) is 16.4. The molecule has 29 heavy (non-hydrogen) atoms. The summed E-state index contributed by atoms with van der Waals surface area (Å²) in [4.78, 5) is 17.4. The van der Waals surface area contributed by atoms with E-state index in [1.54, 1.807) is 0 Å². The molecule has 1 aliphatic rings. The van der Waals surface area contributed by atoms with Gasteiger partial charge in [-0.3, -0.25) is 4.79 Å². The third kappa shape index (κ3) is 4.63. The molecule has 1 fully saturated rings. The highest BCUT2D eigenvalue weighted by molar-refractivity contribution is 6.33. The number of amides is 1. The van der Waals surface area contributed by atoms with Crippen LogP contribution in [0.5, 0.6) is 0 Å². The second-order valence-electron chi connectivity index (χ2n) is 7.40. The Morgan fingerprint density at radius 1 is 0.759 bits per heavy atom. The van der Waals surface area contributed by atoms with Crippen LogP contribution >= 0.6 is 11.6 Å². The van der Waals surface area contributed by atoms with Crippen LogP contribution in [0.2, 0.25) is 5.02 Å². The Kier molecular flexibility index (Phi) is 6.16. The van der Waals surface area contributed by atoms with Gasteiger partial charge >= 0.3 is 0 Å². The first-order valence-corrected chi connectivity index (χ1v) is 10.5. The maximum Gasteiger partial charge on any atom is 0.223 e. The normalized spacial score (nSPS) is 14.3. The molecule has 3 aromatic rings. The Morgan fingerprint density at radius 3 is 1.83 bits per heavy atom. The molecule has 4 heteroatoms. The maximum atomic E-state index is 13.1. The maximum absolute atomic E-state index is 13.1. The predicted octanol–water partition coefficient (Wildman–Crippen LogP) is 5.21. The summed E-state index contributed by atoms with van der Waals surface area (Å²) in [5.74, 6) is 0.285. The second kappa shape index (κ2) is 9.15. The minimum atomic E-state index is 0.0755. The molecule has 0 aliphatic carbocycles. The molecular weight excluding hydrogens is 380 g/mol. The van der Waals surface area contributed by atoms with Crippen molar-refractivity contribution in [1.29, 1.82) is 0 Å². The number of piperazine rings is 1. The van der Waals surface area contributed by atoms with Crippen LogP contribution < -0.4 is 4.90 Å². The largest absolute Gasteiger partial charge is 0.367 e. The standard InChI is InChI=1S/C25H25ClN2O/c26-23-13-7-8-14-24(23)27-15-17-28(18-16-27)25(29)19-22(20-9-3-1-4-10-20)21-11-5-2-6-12-21/h1-14,22H,15-19H2. The molecular formula is C25H25ClN2O. The quantitative estimate of drug-likeness (QED) is 0.582. The lowest BCUT2D eigenvalue weighted by atomic mass is 9.88. The molecule has 0 saturated carbocycles. The summed E-state index contributed by atoms with van der Waals surface area (Å²) in [5, 5.41) is 0.764. The van der Waals surface area contributed by atoms with Crippen LogP contribution in [0, 0.1) is 0 Å². The summed E-state index contributed by atoms with van der Waals surface area (Å²) in [6.45, 7) is 3.05. The van der Waals surface area contributed by atoms with Gasteiger partial charge in [0.05, 0.1) is 10.7 Å². The van der Waals surface area contributed by atoms with E-state index in [1.165, 1.54) is 11.1 Å². The highest BCUT2D eigenvalue weighted by Crippen LogP contribution is 2.30. The first kappa shape index (κ1) is 19.5. The number of carbonyl (C=O) groups excluding carboxylic acids is 1. The van der Waals surface area contributed by atoms with Crippen LogP contribution in [0.25, 0.3) is 0 Å². The van der Waals surface area contributed by atoms with E-state index >= 15 is 0 Å². The highest BCUT2D eigenvalue weighted by Gasteiger charge is 2.25. The van der Waals surface area contributed by atoms with Gasteiger partial charge in [0, 0.05) is 38.5 Å². The number of hydrogen-bond acceptors (Lipinski definition) is 2. The van der Waals surface area contributed by atoms with Gasteiger partial charge < -0.3 is 9.80 Å². The third-order valence-corrected chi connectivity index (χ3v) is 5.93. The summed E-state index contributed by atoms with van der Waals surface area (Å²) in [5.41, 5.74) is 3.41. The Bertz CT molecular complexity index is 898. The first-order valence-electron chi connectivity index (χ1n) is 10.1. The molecule has 0 radical (unpaired) electrons. The monoisotopic (exact) mass is 404 g/mol. The van der Waals surface area contributed by atoms with E-state index in [2.05, 4.69) is 29.2 Å². The highest BCUT2D eigenvalue weighted by atomic mass is 35.5. The number of carbonyl (C=O) groups is 1. The minimum absolute atomic E-state index is 0.0755. The molecule has 4 rings (SSSR count). The van der Waals surface area contributed by atoms with E-state index in [-0.39, 0.29) is 11.8 Å². The molecule has 0 bridgehead atoms. The van der Waals surface area contributed by atoms with Gasteiger partial charge in [0.15, 0.2) is 0 Å². The van der Waals surface area contributed by atoms with E-state index in [1.807, 2.05) is 65.6 Å². The average Bonchev–Trinajstić information content (AvgIpc) is 2.79. The fraction of sp³-hybridized carbons (Fsp3) is 0.240. The molecule has 148 valence electrons. The summed E-state index contributed by atoms with van der Waals surface area (Å²) in [6, 6.07) is 28.5. The average molecular weight is 405 g/mol. The zero-order chi connectivity index (χ0) is 20.1. The number of hydrogen-bond donors (Lipinski definition) is 0. The van der Waals surface area contributed by atoms with Crippen LogP contribution in [0.15, 0.2) is 84.9 Å². The number of para-hydroxylation sites is 1. The molecule has 1 saturated heterocycles. The molecule has 0 atom stereocenters. The Balaban J connectivity index is 1.44. The topological polar surface area (TPSA) is 23.6 Å². The lowest BCUT2D eigenvalue weighted by Gasteiger charge is -2.37. The van der Waals surface area contributed by atoms with Crippen molar-refractivity contribution in [1.82, 2.24) is 4.90 Å². The molecule has 0 spiro atoms. The third-order valence-electron chi connectivity index (χ3n) is 5.61. The number of halogens is 1. The molecule has 0 aromatic heterocycles. The summed E-state index contributed by atoms with van der Waals surface area (Å²) in [6.07, 6.45) is 0.486. The van der Waals surface area contributed by atoms with Crippen LogP contribution in [-0.2, 0) is 4.79 Å². The van der Waals surface area contributed by atoms with Crippen LogP contribution in [0.1, 0.15) is 23.5 Å². The minimum Gasteiger partial charge on any atom is -0.367 e. The van der Waals surface area contributed by atoms with Crippen molar-refractivity contribution in [3.8, 4) is 0 Å². The lowest BCUT2D eigenvalue weighted by Crippen LogP contribution is -2.49. The van der Waals surface area contributed by atoms with Gasteiger partial charge in [-0.25, -0.2) is 0 Å². The number of nitrogens with zero attached hydrogens (tertiary/aromatic N) is 2. The van der Waals surface area contributed by atoms with E-state index in [4.69, 9.17) is 11.6 Å². The SMILES string of the molecule is O=C(CC(c1ccccc1)c1ccccc1)N1CCN(c2ccccc2Cl)CC1. The predicted molar refractivity (Wildman–Crippen MR) is 120 cm³/mol. The summed E-state index contributed by atoms with van der Waals surface area (Å²) in [7, 11) is 0. The van der Waals surface area contributed by atoms with Gasteiger partial charge in [-0.1, -0.05) is 84.4 Å². The molecule has 3 aromatic carbocycles. The Hall–Kier alpha value is -2.78. The van der Waals surface area contributed by atoms with Gasteiger partial charge in [-0.15, -0.1) is 0 Å². The number of anilines is 1. The van der Waals surface area contributed by atoms with E-state index in [0.717, 1.165) is 36.9 Å². The Morgan fingerprint density at radius 2 is 1.28 bits per heavy atom. The van der Waals surface area contributed by atoms with Gasteiger partial charge in [0.2, 0.25) is 5.91 Å². The molecule has 1 heterocycles. The molecule has 0 unspecified atom stereocenters. The Labute approximate surface area is 177 Å². The molecule has 1 amide bonds. The van der Waals surface area contributed by atoms with Crippen molar-refractivity contribution in [2.45, 2.75) is 12.3 Å². The second-order valence-corrected chi connectivity index (χ2v) is 7.80. The van der Waals surface area contributed by atoms with Gasteiger partial charge in [0.1, 0.15) is 0 Å². The van der Waals surface area contributed by atoms with Gasteiger partial charge in [0.25, 0.3) is 0 Å². The summed E-state index contributed by atoms with van der Waals surface area (Å²) < 4.78 is 0. The zero-order valence-corrected chi connectivity index (χ0v) is 17.1. The smallest absolute Gasteiger partial charge is 0.223 e. The van der Waals surface area contributed by atoms with Crippen molar-refractivity contribution in [2.75, 3.05) is 31.1 Å². The van der Waals surface area contributed by atoms with Crippen molar-refractivity contribution in [3.63, 3.8) is 0 Å². The van der Waals surface area contributed by atoms with E-state index in [0.29, 0.717) is 6.42 Å². The summed E-state index contributed by atoms with van der Waals surface area (Å²) >= 11 is 6.34. The van der Waals surface area contributed by atoms with Crippen LogP contribution in [-0.4, -0.2) is 37.0 Å². The van der Waals surface area contributed by atoms with Gasteiger partial charge in [-0.2, -0.15) is 0 Å². The molecule has 3 nitrogen and oxygen atoms in total. The molecule has 1 aliphatic heterocycles. The van der Waals surface area contributed by atoms with Crippen LogP contribution in [0.4, 0.5) is 5.69 Å². The first-order chi connectivity index (χ1) is 14.2. The fourth-order valence-corrected chi connectivity index (χ4v) is 4.26. The molecule has 0 N–H and O–H groups in total. The van der Waals surface area contributed by atoms with Crippen molar-refractivity contribution >= 4 is 23.2 Å². The van der Waals surface area contributed by atoms with E-state index < -0.39 is 0 Å². The van der Waals surface area contributed by atoms with Crippen molar-refractivity contribution in [3.05, 3.63) is 101 Å². The van der Waals surface area contributed by atoms with E-state index in [9.17, 15) is 4.79 Å². The van der Waals surface area contributed by atoms with Gasteiger partial charge in [-0.05, 0) is 23.3 Å². The van der Waals surface area contributed by atoms with Crippen molar-refractivity contribution < 1.29 is 4.79 Å². The lowest BCUT2D eigenvalue weighted by molar-refractivity contribution is -0.131.